The van der Waals surface area contributed by atoms with E-state index in [1.165, 1.54) is 28.7 Å². The van der Waals surface area contributed by atoms with Crippen LogP contribution in [-0.4, -0.2) is 50.6 Å². The van der Waals surface area contributed by atoms with Gasteiger partial charge in [0.05, 0.1) is 6.54 Å². The fourth-order valence-corrected chi connectivity index (χ4v) is 5.09. The second kappa shape index (κ2) is 14.2. The molecule has 3 aromatic rings. The molecule has 3 heterocycles. The zero-order valence-electron chi connectivity index (χ0n) is 21.3. The third kappa shape index (κ3) is 6.96. The van der Waals surface area contributed by atoms with Crippen LogP contribution < -0.4 is 5.69 Å². The average molecular weight is 511 g/mol. The first kappa shape index (κ1) is 27.9. The van der Waals surface area contributed by atoms with Crippen LogP contribution in [0.4, 0.5) is 0 Å². The van der Waals surface area contributed by atoms with E-state index < -0.39 is 0 Å². The predicted molar refractivity (Wildman–Crippen MR) is 149 cm³/mol. The molecular formula is C29H39ClN4O2. The number of aryl methyl sites for hydroxylation is 1. The number of aliphatic hydroxyl groups excluding tert-OH is 1. The molecule has 1 N–H and O–H groups in total. The quantitative estimate of drug-likeness (QED) is 0.536. The van der Waals surface area contributed by atoms with E-state index in [9.17, 15) is 4.79 Å². The van der Waals surface area contributed by atoms with Crippen LogP contribution in [0.2, 0.25) is 0 Å². The Morgan fingerprint density at radius 3 is 2.00 bits per heavy atom. The van der Waals surface area contributed by atoms with Gasteiger partial charge in [-0.1, -0.05) is 72.7 Å². The second-order valence-corrected chi connectivity index (χ2v) is 9.25. The Morgan fingerprint density at radius 1 is 0.833 bits per heavy atom. The zero-order valence-corrected chi connectivity index (χ0v) is 22.1. The van der Waals surface area contributed by atoms with Crippen molar-refractivity contribution in [2.45, 2.75) is 58.5 Å². The minimum absolute atomic E-state index is 0. The number of hydrogen-bond donors (Lipinski definition) is 1. The van der Waals surface area contributed by atoms with Gasteiger partial charge in [-0.25, -0.2) is 9.48 Å². The van der Waals surface area contributed by atoms with Gasteiger partial charge in [0.15, 0.2) is 0 Å². The Hall–Kier alpha value is -2.67. The molecule has 7 heteroatoms. The highest BCUT2D eigenvalue weighted by Crippen LogP contribution is 2.32. The molecule has 6 nitrogen and oxygen atoms in total. The number of aromatic nitrogens is 3. The first-order chi connectivity index (χ1) is 17.2. The lowest BCUT2D eigenvalue weighted by Crippen LogP contribution is -2.36. The van der Waals surface area contributed by atoms with E-state index in [0.29, 0.717) is 6.54 Å². The van der Waals surface area contributed by atoms with Gasteiger partial charge in [-0.2, -0.15) is 5.10 Å². The summed E-state index contributed by atoms with van der Waals surface area (Å²) in [7, 11) is 0. The number of fused-ring (bicyclic) bond motifs is 1. The minimum Gasteiger partial charge on any atom is -0.397 e. The number of halogens is 1. The van der Waals surface area contributed by atoms with Crippen molar-refractivity contribution < 1.29 is 5.11 Å². The van der Waals surface area contributed by atoms with Gasteiger partial charge in [-0.15, -0.1) is 12.4 Å². The van der Waals surface area contributed by atoms with Crippen molar-refractivity contribution in [3.63, 3.8) is 0 Å². The van der Waals surface area contributed by atoms with Crippen molar-refractivity contribution >= 4 is 18.0 Å². The lowest BCUT2D eigenvalue weighted by molar-refractivity contribution is 0.241. The first-order valence-electron chi connectivity index (χ1n) is 13.0. The van der Waals surface area contributed by atoms with Crippen LogP contribution in [0.3, 0.4) is 0 Å². The Morgan fingerprint density at radius 2 is 1.42 bits per heavy atom. The summed E-state index contributed by atoms with van der Waals surface area (Å²) < 4.78 is 3.60. The van der Waals surface area contributed by atoms with Crippen LogP contribution in [0.1, 0.15) is 56.0 Å². The van der Waals surface area contributed by atoms with E-state index in [1.54, 1.807) is 11.6 Å². The fourth-order valence-electron chi connectivity index (χ4n) is 5.09. The molecule has 1 fully saturated rings. The molecule has 2 aliphatic heterocycles. The number of likely N-dealkylation sites (tertiary alicyclic amines) is 1. The number of hydrogen-bond acceptors (Lipinski definition) is 4. The summed E-state index contributed by atoms with van der Waals surface area (Å²) in [4.78, 5) is 15.2. The van der Waals surface area contributed by atoms with Crippen molar-refractivity contribution in [3.8, 4) is 0 Å². The number of rotatable bonds is 5. The Kier molecular flexibility index (Phi) is 11.0. The lowest BCUT2D eigenvalue weighted by atomic mass is 9.88. The molecule has 0 aliphatic carbocycles. The largest absolute Gasteiger partial charge is 0.397 e. The lowest BCUT2D eigenvalue weighted by Gasteiger charge is -2.30. The summed E-state index contributed by atoms with van der Waals surface area (Å²) in [6.45, 7) is 6.38. The Labute approximate surface area is 220 Å². The summed E-state index contributed by atoms with van der Waals surface area (Å²) >= 11 is 0. The standard InChI is InChI=1S/C27H32N4O.C2H6O.ClH/c32-27-30-17-9-3-8-14-25(30)28-31(27)21-20-29-18-15-24(16-19-29)26(22-10-4-1-5-11-22)23-12-6-2-7-13-23;1-2-3;/h1-2,4-7,10-13H,3,8-9,14-21H2;3H,2H2,1H3;1H. The van der Waals surface area contributed by atoms with Crippen molar-refractivity contribution in [2.75, 3.05) is 26.2 Å². The Balaban J connectivity index is 0.000000861. The fraction of sp³-hybridized carbons (Fsp3) is 0.448. The summed E-state index contributed by atoms with van der Waals surface area (Å²) in [5, 5.41) is 12.2. The Bertz CT molecular complexity index is 1100. The van der Waals surface area contributed by atoms with Crippen LogP contribution in [0.15, 0.2) is 71.0 Å². The van der Waals surface area contributed by atoms with Crippen molar-refractivity contribution in [1.82, 2.24) is 19.2 Å². The molecule has 194 valence electrons. The average Bonchev–Trinajstić information content (AvgIpc) is 3.04. The highest BCUT2D eigenvalue weighted by atomic mass is 35.5. The second-order valence-electron chi connectivity index (χ2n) is 9.25. The van der Waals surface area contributed by atoms with Crippen LogP contribution >= 0.6 is 12.4 Å². The third-order valence-corrected chi connectivity index (χ3v) is 6.85. The highest BCUT2D eigenvalue weighted by Gasteiger charge is 2.20. The maximum atomic E-state index is 12.7. The molecule has 2 aliphatic rings. The molecule has 1 saturated heterocycles. The number of benzene rings is 2. The molecule has 2 aromatic carbocycles. The number of nitrogens with zero attached hydrogens (tertiary/aromatic N) is 4. The topological polar surface area (TPSA) is 63.3 Å². The summed E-state index contributed by atoms with van der Waals surface area (Å²) in [5.74, 6) is 0.978. The summed E-state index contributed by atoms with van der Waals surface area (Å²) in [5.41, 5.74) is 5.60. The van der Waals surface area contributed by atoms with Gasteiger partial charge in [0, 0.05) is 39.2 Å². The van der Waals surface area contributed by atoms with Gasteiger partial charge in [-0.3, -0.25) is 4.57 Å². The maximum absolute atomic E-state index is 12.7. The van der Waals surface area contributed by atoms with Gasteiger partial charge >= 0.3 is 5.69 Å². The van der Waals surface area contributed by atoms with E-state index in [2.05, 4.69) is 70.7 Å². The number of aliphatic hydroxyl groups is 1. The minimum atomic E-state index is 0. The number of piperidine rings is 1. The van der Waals surface area contributed by atoms with Gasteiger partial charge in [0.2, 0.25) is 0 Å². The van der Waals surface area contributed by atoms with Crippen LogP contribution in [0, 0.1) is 0 Å². The van der Waals surface area contributed by atoms with Gasteiger partial charge < -0.3 is 10.0 Å². The molecular weight excluding hydrogens is 472 g/mol. The smallest absolute Gasteiger partial charge is 0.345 e. The SMILES string of the molecule is CCO.Cl.O=c1n(CCN2CCC(=C(c3ccccc3)c3ccccc3)CC2)nc2n1CCCCC2. The molecule has 0 radical (unpaired) electrons. The maximum Gasteiger partial charge on any atom is 0.345 e. The molecule has 0 saturated carbocycles. The highest BCUT2D eigenvalue weighted by molar-refractivity contribution is 5.85. The molecule has 0 bridgehead atoms. The van der Waals surface area contributed by atoms with Gasteiger partial charge in [0.1, 0.15) is 5.82 Å². The van der Waals surface area contributed by atoms with Gasteiger partial charge in [-0.05, 0) is 49.3 Å². The predicted octanol–water partition coefficient (Wildman–Crippen LogP) is 4.79. The summed E-state index contributed by atoms with van der Waals surface area (Å²) in [6, 6.07) is 21.5. The third-order valence-electron chi connectivity index (χ3n) is 6.85. The molecule has 0 spiro atoms. The monoisotopic (exact) mass is 510 g/mol. The molecule has 0 unspecified atom stereocenters. The molecule has 0 atom stereocenters. The molecule has 0 amide bonds. The van der Waals surface area contributed by atoms with Crippen LogP contribution in [0.25, 0.3) is 5.57 Å². The van der Waals surface area contributed by atoms with Crippen molar-refractivity contribution in [2.24, 2.45) is 0 Å². The van der Waals surface area contributed by atoms with Crippen LogP contribution in [0.5, 0.6) is 0 Å². The van der Waals surface area contributed by atoms with Crippen molar-refractivity contribution in [3.05, 3.63) is 93.7 Å². The normalized spacial score (nSPS) is 15.7. The molecule has 5 rings (SSSR count). The van der Waals surface area contributed by atoms with Gasteiger partial charge in [0.25, 0.3) is 0 Å². The molecule has 1 aromatic heterocycles. The zero-order chi connectivity index (χ0) is 24.5. The van der Waals surface area contributed by atoms with E-state index in [0.717, 1.165) is 64.1 Å². The van der Waals surface area contributed by atoms with E-state index >= 15 is 0 Å². The van der Waals surface area contributed by atoms with Crippen molar-refractivity contribution in [1.29, 1.82) is 0 Å². The van der Waals surface area contributed by atoms with E-state index in [1.807, 2.05) is 4.57 Å². The molecule has 36 heavy (non-hydrogen) atoms. The van der Waals surface area contributed by atoms with E-state index in [-0.39, 0.29) is 24.7 Å². The first-order valence-corrected chi connectivity index (χ1v) is 13.0. The van der Waals surface area contributed by atoms with Crippen LogP contribution in [-0.2, 0) is 19.5 Å². The summed E-state index contributed by atoms with van der Waals surface area (Å²) in [6.07, 6.45) is 6.48. The van der Waals surface area contributed by atoms with E-state index in [4.69, 9.17) is 5.11 Å².